The number of rotatable bonds is 8. The number of hydrogen-bond acceptors (Lipinski definition) is 5. The van der Waals surface area contributed by atoms with Crippen LogP contribution in [0.2, 0.25) is 0 Å². The Labute approximate surface area is 165 Å². The third-order valence-electron chi connectivity index (χ3n) is 4.13. The zero-order valence-corrected chi connectivity index (χ0v) is 16.4. The summed E-state index contributed by atoms with van der Waals surface area (Å²) < 4.78 is 9.87. The van der Waals surface area contributed by atoms with Crippen LogP contribution in [0.15, 0.2) is 65.7 Å². The van der Waals surface area contributed by atoms with Crippen LogP contribution >= 0.6 is 0 Å². The molecule has 0 aliphatic carbocycles. The van der Waals surface area contributed by atoms with Crippen molar-refractivity contribution >= 4 is 17.7 Å². The van der Waals surface area contributed by atoms with Gasteiger partial charge in [0, 0.05) is 12.0 Å². The van der Waals surface area contributed by atoms with Gasteiger partial charge in [0.25, 0.3) is 0 Å². The van der Waals surface area contributed by atoms with Gasteiger partial charge in [-0.1, -0.05) is 54.6 Å². The molecule has 0 fully saturated rings. The largest absolute Gasteiger partial charge is 0.462 e. The Morgan fingerprint density at radius 1 is 0.750 bits per heavy atom. The number of esters is 2. The first-order chi connectivity index (χ1) is 13.5. The SMILES string of the molecule is CCOC(=O)C(C(=O)OCC)=C(C)CC(=O)c1ccc(-c2ccccc2)cc1. The lowest BCUT2D eigenvalue weighted by Crippen LogP contribution is -2.21. The van der Waals surface area contributed by atoms with Gasteiger partial charge in [0.05, 0.1) is 13.2 Å². The summed E-state index contributed by atoms with van der Waals surface area (Å²) >= 11 is 0. The number of benzene rings is 2. The molecule has 5 nitrogen and oxygen atoms in total. The van der Waals surface area contributed by atoms with E-state index < -0.39 is 11.9 Å². The van der Waals surface area contributed by atoms with Crippen LogP contribution in [0.4, 0.5) is 0 Å². The fraction of sp³-hybridized carbons (Fsp3) is 0.261. The smallest absolute Gasteiger partial charge is 0.345 e. The predicted octanol–water partition coefficient (Wildman–Crippen LogP) is 4.37. The van der Waals surface area contributed by atoms with Crippen molar-refractivity contribution < 1.29 is 23.9 Å². The predicted molar refractivity (Wildman–Crippen MR) is 107 cm³/mol. The summed E-state index contributed by atoms with van der Waals surface area (Å²) in [5, 5.41) is 0. The van der Waals surface area contributed by atoms with Crippen LogP contribution in [0.3, 0.4) is 0 Å². The van der Waals surface area contributed by atoms with Gasteiger partial charge < -0.3 is 9.47 Å². The fourth-order valence-corrected chi connectivity index (χ4v) is 2.75. The first kappa shape index (κ1) is 21.1. The molecule has 2 rings (SSSR count). The first-order valence-electron chi connectivity index (χ1n) is 9.20. The van der Waals surface area contributed by atoms with E-state index in [1.54, 1.807) is 32.9 Å². The maximum absolute atomic E-state index is 12.6. The molecule has 0 heterocycles. The molecule has 0 spiro atoms. The third kappa shape index (κ3) is 5.39. The number of ether oxygens (including phenoxy) is 2. The summed E-state index contributed by atoms with van der Waals surface area (Å²) in [6, 6.07) is 17.1. The Hall–Kier alpha value is -3.21. The van der Waals surface area contributed by atoms with Crippen LogP contribution in [0.5, 0.6) is 0 Å². The minimum absolute atomic E-state index is 0.0718. The summed E-state index contributed by atoms with van der Waals surface area (Å²) in [5.74, 6) is -1.74. The normalized spacial score (nSPS) is 10.1. The lowest BCUT2D eigenvalue weighted by Gasteiger charge is -2.10. The molecule has 0 aliphatic heterocycles. The van der Waals surface area contributed by atoms with Crippen molar-refractivity contribution in [1.82, 2.24) is 0 Å². The zero-order valence-electron chi connectivity index (χ0n) is 16.4. The highest BCUT2D eigenvalue weighted by Gasteiger charge is 2.25. The number of ketones is 1. The lowest BCUT2D eigenvalue weighted by atomic mass is 9.98. The molecule has 0 saturated carbocycles. The Morgan fingerprint density at radius 2 is 1.25 bits per heavy atom. The molecule has 0 N–H and O–H groups in total. The zero-order chi connectivity index (χ0) is 20.5. The Bertz CT molecular complexity index is 844. The molecule has 146 valence electrons. The van der Waals surface area contributed by atoms with E-state index in [2.05, 4.69) is 0 Å². The molecule has 0 radical (unpaired) electrons. The van der Waals surface area contributed by atoms with Crippen molar-refractivity contribution in [3.63, 3.8) is 0 Å². The van der Waals surface area contributed by atoms with E-state index in [4.69, 9.17) is 9.47 Å². The number of carbonyl (C=O) groups excluding carboxylic acids is 3. The number of Topliss-reactive ketones (excluding diaryl/α,β-unsaturated/α-hetero) is 1. The second-order valence-corrected chi connectivity index (χ2v) is 6.14. The molecule has 2 aromatic carbocycles. The highest BCUT2D eigenvalue weighted by molar-refractivity contribution is 6.15. The van der Waals surface area contributed by atoms with E-state index in [1.165, 1.54) is 0 Å². The lowest BCUT2D eigenvalue weighted by molar-refractivity contribution is -0.146. The Morgan fingerprint density at radius 3 is 1.75 bits per heavy atom. The molecular weight excluding hydrogens is 356 g/mol. The third-order valence-corrected chi connectivity index (χ3v) is 4.13. The maximum atomic E-state index is 12.6. The molecule has 5 heteroatoms. The molecule has 2 aromatic rings. The van der Waals surface area contributed by atoms with Gasteiger partial charge in [-0.25, -0.2) is 9.59 Å². The maximum Gasteiger partial charge on any atom is 0.345 e. The molecule has 0 saturated heterocycles. The molecular formula is C23H24O5. The summed E-state index contributed by atoms with van der Waals surface area (Å²) in [6.45, 7) is 5.12. The van der Waals surface area contributed by atoms with Crippen molar-refractivity contribution in [1.29, 1.82) is 0 Å². The molecule has 0 aliphatic rings. The van der Waals surface area contributed by atoms with E-state index in [9.17, 15) is 14.4 Å². The number of allylic oxidation sites excluding steroid dienone is 1. The van der Waals surface area contributed by atoms with Crippen molar-refractivity contribution in [2.75, 3.05) is 13.2 Å². The van der Waals surface area contributed by atoms with E-state index >= 15 is 0 Å². The molecule has 0 aromatic heterocycles. The van der Waals surface area contributed by atoms with Crippen LogP contribution in [-0.4, -0.2) is 30.9 Å². The summed E-state index contributed by atoms with van der Waals surface area (Å²) in [5.41, 5.74) is 2.69. The standard InChI is InChI=1S/C23H24O5/c1-4-27-22(25)21(23(26)28-5-2)16(3)15-20(24)19-13-11-18(12-14-19)17-9-7-6-8-10-17/h6-14H,4-5,15H2,1-3H3. The molecule has 0 unspecified atom stereocenters. The van der Waals surface area contributed by atoms with Crippen molar-refractivity contribution in [2.24, 2.45) is 0 Å². The average molecular weight is 380 g/mol. The van der Waals surface area contributed by atoms with E-state index in [-0.39, 0.29) is 31.0 Å². The second-order valence-electron chi connectivity index (χ2n) is 6.14. The van der Waals surface area contributed by atoms with E-state index in [1.807, 2.05) is 42.5 Å². The number of carbonyl (C=O) groups is 3. The van der Waals surface area contributed by atoms with Gasteiger partial charge in [0.2, 0.25) is 0 Å². The van der Waals surface area contributed by atoms with Crippen LogP contribution in [0.1, 0.15) is 37.6 Å². The molecule has 0 atom stereocenters. The van der Waals surface area contributed by atoms with Crippen LogP contribution < -0.4 is 0 Å². The molecule has 0 amide bonds. The molecule has 28 heavy (non-hydrogen) atoms. The highest BCUT2D eigenvalue weighted by Crippen LogP contribution is 2.21. The Kier molecular flexibility index (Phi) is 7.69. The summed E-state index contributed by atoms with van der Waals surface area (Å²) in [7, 11) is 0. The quantitative estimate of drug-likeness (QED) is 0.224. The van der Waals surface area contributed by atoms with Gasteiger partial charge in [-0.3, -0.25) is 4.79 Å². The topological polar surface area (TPSA) is 69.7 Å². The van der Waals surface area contributed by atoms with Crippen molar-refractivity contribution in [3.8, 4) is 11.1 Å². The summed E-state index contributed by atoms with van der Waals surface area (Å²) in [4.78, 5) is 36.9. The van der Waals surface area contributed by atoms with Gasteiger partial charge in [0.1, 0.15) is 5.57 Å². The van der Waals surface area contributed by atoms with Crippen molar-refractivity contribution in [3.05, 3.63) is 71.3 Å². The van der Waals surface area contributed by atoms with Crippen LogP contribution in [-0.2, 0) is 19.1 Å². The van der Waals surface area contributed by atoms with Crippen molar-refractivity contribution in [2.45, 2.75) is 27.2 Å². The van der Waals surface area contributed by atoms with Gasteiger partial charge in [-0.05, 0) is 37.5 Å². The minimum Gasteiger partial charge on any atom is -0.462 e. The highest BCUT2D eigenvalue weighted by atomic mass is 16.6. The summed E-state index contributed by atoms with van der Waals surface area (Å²) in [6.07, 6.45) is -0.0718. The van der Waals surface area contributed by atoms with E-state index in [0.717, 1.165) is 11.1 Å². The molecule has 0 bridgehead atoms. The first-order valence-corrected chi connectivity index (χ1v) is 9.20. The monoisotopic (exact) mass is 380 g/mol. The average Bonchev–Trinajstić information content (AvgIpc) is 2.69. The van der Waals surface area contributed by atoms with E-state index in [0.29, 0.717) is 11.1 Å². The minimum atomic E-state index is -0.773. The van der Waals surface area contributed by atoms with Gasteiger partial charge in [-0.2, -0.15) is 0 Å². The Balaban J connectivity index is 2.21. The second kappa shape index (κ2) is 10.2. The van der Waals surface area contributed by atoms with Gasteiger partial charge in [0.15, 0.2) is 5.78 Å². The van der Waals surface area contributed by atoms with Gasteiger partial charge in [-0.15, -0.1) is 0 Å². The van der Waals surface area contributed by atoms with Crippen LogP contribution in [0.25, 0.3) is 11.1 Å². The fourth-order valence-electron chi connectivity index (χ4n) is 2.75. The van der Waals surface area contributed by atoms with Crippen LogP contribution in [0, 0.1) is 0 Å². The number of hydrogen-bond donors (Lipinski definition) is 0. The van der Waals surface area contributed by atoms with Gasteiger partial charge >= 0.3 is 11.9 Å².